The monoisotopic (exact) mass is 698 g/mol. The summed E-state index contributed by atoms with van der Waals surface area (Å²) in [4.78, 5) is 67.5. The summed E-state index contributed by atoms with van der Waals surface area (Å²) in [6.07, 6.45) is 5.65. The first-order valence-corrected chi connectivity index (χ1v) is 17.3. The third-order valence-corrected chi connectivity index (χ3v) is 7.28. The third kappa shape index (κ3) is 15.5. The third-order valence-electron chi connectivity index (χ3n) is 6.47. The van der Waals surface area contributed by atoms with Crippen molar-refractivity contribution in [2.45, 2.75) is 78.1 Å². The van der Waals surface area contributed by atoms with Gasteiger partial charge in [-0.1, -0.05) is 50.6 Å². The van der Waals surface area contributed by atoms with E-state index in [2.05, 4.69) is 18.4 Å². The molecule has 0 aliphatic heterocycles. The van der Waals surface area contributed by atoms with Gasteiger partial charge < -0.3 is 33.6 Å². The molecule has 3 unspecified atom stereocenters. The maximum Gasteiger partial charge on any atom is 0.350 e. The maximum absolute atomic E-state index is 11.8. The molecule has 3 N–H and O–H groups in total. The number of aliphatic hydroxyl groups is 1. The molecule has 13 nitrogen and oxygen atoms in total. The first-order valence-electron chi connectivity index (χ1n) is 14.7. The molecule has 0 aliphatic carbocycles. The van der Waals surface area contributed by atoms with Crippen molar-refractivity contribution in [1.29, 1.82) is 0 Å². The first kappa shape index (κ1) is 43.1. The lowest BCUT2D eigenvalue weighted by Gasteiger charge is -2.10. The zero-order valence-corrected chi connectivity index (χ0v) is 29.5. The van der Waals surface area contributed by atoms with Crippen LogP contribution in [0.2, 0.25) is 0 Å². The standard InChI is InChI=1S/C16H20O6.C13H18O5.C3H6O2P2/c1-4-11(17)15-12(18)9-13(22-16(15)20)10(2)7-5-6-8-14(19)21-3;1-3-9(15)12-10(16)7-11(18-13(12)17)8(2)5-4-6-14;1-5-3(4)2-7-6/h6,8-10,18H,4-5,7H2,1-3H3;7-8,14,16H,3-6H2,1-2H3;2H,6H2,1H3/b8-6+;;. The Morgan fingerprint density at radius 1 is 0.851 bits per heavy atom. The molecule has 0 aliphatic rings. The lowest BCUT2D eigenvalue weighted by atomic mass is 10.0. The predicted molar refractivity (Wildman–Crippen MR) is 181 cm³/mol. The molecule has 0 aromatic carbocycles. The number of carbonyl (C=O) groups is 4. The minimum Gasteiger partial charge on any atom is -0.507 e. The average molecular weight is 699 g/mol. The summed E-state index contributed by atoms with van der Waals surface area (Å²) in [5.41, 5.74) is -2.20. The minimum atomic E-state index is -0.821. The van der Waals surface area contributed by atoms with Gasteiger partial charge in [0.25, 0.3) is 0 Å². The number of Topliss-reactive ketones (excluding diaryl/α,β-unsaturated/α-hetero) is 2. The molecule has 0 saturated heterocycles. The van der Waals surface area contributed by atoms with E-state index in [-0.39, 0.29) is 59.9 Å². The van der Waals surface area contributed by atoms with Gasteiger partial charge in [0.15, 0.2) is 11.6 Å². The lowest BCUT2D eigenvalue weighted by Crippen LogP contribution is -2.15. The largest absolute Gasteiger partial charge is 0.507 e. The number of carbonyl (C=O) groups excluding carboxylic acids is 4. The van der Waals surface area contributed by atoms with Gasteiger partial charge in [-0.2, -0.15) is 0 Å². The SMILES string of the molecule is CCC(=O)c1c(O)cc(C(C)CC/C=C/C(=O)OC)oc1=O.CCC(=O)c1c(O)cc(C(C)CCCO)oc1=O.COC(=O)C=PP. The van der Waals surface area contributed by atoms with Crippen LogP contribution in [-0.4, -0.2) is 65.4 Å². The van der Waals surface area contributed by atoms with Crippen LogP contribution in [-0.2, 0) is 19.1 Å². The second kappa shape index (κ2) is 23.4. The van der Waals surface area contributed by atoms with E-state index in [0.717, 1.165) is 7.89 Å². The normalized spacial score (nSPS) is 11.9. The fraction of sp³-hybridized carbons (Fsp3) is 0.469. The van der Waals surface area contributed by atoms with Crippen LogP contribution in [0.15, 0.2) is 42.7 Å². The molecule has 0 bridgehead atoms. The van der Waals surface area contributed by atoms with E-state index in [1.807, 2.05) is 13.8 Å². The number of esters is 2. The Hall–Kier alpha value is -3.92. The molecule has 0 radical (unpaired) electrons. The molecule has 0 fully saturated rings. The van der Waals surface area contributed by atoms with Gasteiger partial charge in [0.1, 0.15) is 34.1 Å². The van der Waals surface area contributed by atoms with Crippen LogP contribution in [0.3, 0.4) is 0 Å². The van der Waals surface area contributed by atoms with Crippen molar-refractivity contribution in [3.8, 4) is 11.5 Å². The van der Waals surface area contributed by atoms with Gasteiger partial charge in [-0.15, -0.1) is 0 Å². The Bertz CT molecular complexity index is 1510. The van der Waals surface area contributed by atoms with Crippen LogP contribution in [0.5, 0.6) is 11.5 Å². The number of rotatable bonds is 14. The molecule has 2 rings (SSSR count). The number of hydrogen-bond acceptors (Lipinski definition) is 13. The number of ether oxygens (including phenoxy) is 2. The smallest absolute Gasteiger partial charge is 0.350 e. The zero-order valence-electron chi connectivity index (χ0n) is 27.4. The van der Waals surface area contributed by atoms with Crippen LogP contribution in [0.25, 0.3) is 0 Å². The lowest BCUT2D eigenvalue weighted by molar-refractivity contribution is -0.135. The Morgan fingerprint density at radius 3 is 1.64 bits per heavy atom. The van der Waals surface area contributed by atoms with Crippen molar-refractivity contribution in [3.63, 3.8) is 0 Å². The zero-order chi connectivity index (χ0) is 36.1. The van der Waals surface area contributed by atoms with Crippen LogP contribution < -0.4 is 11.3 Å². The van der Waals surface area contributed by atoms with E-state index in [4.69, 9.17) is 13.9 Å². The summed E-state index contributed by atoms with van der Waals surface area (Å²) in [5, 5.41) is 28.3. The number of allylic oxidation sites excluding steroid dienone is 1. The Kier molecular flexibility index (Phi) is 21.5. The first-order chi connectivity index (χ1) is 22.2. The van der Waals surface area contributed by atoms with Crippen LogP contribution >= 0.6 is 16.8 Å². The molecule has 2 aromatic rings. The molecular formula is C32H44O13P2. The van der Waals surface area contributed by atoms with E-state index >= 15 is 0 Å². The highest BCUT2D eigenvalue weighted by Gasteiger charge is 2.20. The number of aliphatic hydroxyl groups excluding tert-OH is 1. The molecule has 0 saturated carbocycles. The van der Waals surface area contributed by atoms with Gasteiger partial charge in [0.2, 0.25) is 0 Å². The summed E-state index contributed by atoms with van der Waals surface area (Å²) < 4.78 is 18.9. The number of ketones is 2. The van der Waals surface area contributed by atoms with Crippen molar-refractivity contribution < 1.29 is 52.8 Å². The van der Waals surface area contributed by atoms with Gasteiger partial charge in [0.05, 0.1) is 20.0 Å². The highest BCUT2D eigenvalue weighted by Crippen LogP contribution is 2.26. The Balaban J connectivity index is 0.000000759. The quantitative estimate of drug-likeness (QED) is 0.102. The van der Waals surface area contributed by atoms with E-state index < -0.39 is 28.8 Å². The summed E-state index contributed by atoms with van der Waals surface area (Å²) in [6, 6.07) is 2.62. The van der Waals surface area contributed by atoms with Crippen molar-refractivity contribution in [3.05, 3.63) is 67.8 Å². The molecule has 0 spiro atoms. The summed E-state index contributed by atoms with van der Waals surface area (Å²) in [7, 11) is 5.88. The molecule has 15 heteroatoms. The summed E-state index contributed by atoms with van der Waals surface area (Å²) >= 11 is 0. The van der Waals surface area contributed by atoms with E-state index in [9.17, 15) is 39.0 Å². The maximum atomic E-state index is 11.8. The van der Waals surface area contributed by atoms with Crippen molar-refractivity contribution >= 4 is 46.1 Å². The van der Waals surface area contributed by atoms with Gasteiger partial charge in [-0.25, -0.2) is 19.2 Å². The summed E-state index contributed by atoms with van der Waals surface area (Å²) in [5.74, 6) is -0.462. The van der Waals surface area contributed by atoms with Crippen molar-refractivity contribution in [2.24, 2.45) is 0 Å². The predicted octanol–water partition coefficient (Wildman–Crippen LogP) is 5.06. The molecule has 2 heterocycles. The number of hydrogen-bond donors (Lipinski definition) is 3. The van der Waals surface area contributed by atoms with Crippen LogP contribution in [0.1, 0.15) is 110 Å². The molecule has 260 valence electrons. The van der Waals surface area contributed by atoms with Crippen LogP contribution in [0.4, 0.5) is 0 Å². The topological polar surface area (TPSA) is 208 Å². The molecule has 0 amide bonds. The summed E-state index contributed by atoms with van der Waals surface area (Å²) in [6.45, 7) is 6.93. The molecule has 47 heavy (non-hydrogen) atoms. The Labute approximate surface area is 276 Å². The second-order valence-electron chi connectivity index (χ2n) is 9.92. The van der Waals surface area contributed by atoms with Gasteiger partial charge >= 0.3 is 23.2 Å². The number of aromatic hydroxyl groups is 2. The average Bonchev–Trinajstić information content (AvgIpc) is 3.04. The minimum absolute atomic E-state index is 0.0625. The fourth-order valence-electron chi connectivity index (χ4n) is 3.74. The van der Waals surface area contributed by atoms with Gasteiger partial charge in [-0.05, 0) is 25.7 Å². The van der Waals surface area contributed by atoms with Gasteiger partial charge in [-0.3, -0.25) is 9.59 Å². The second-order valence-corrected chi connectivity index (χ2v) is 11.4. The van der Waals surface area contributed by atoms with E-state index in [1.165, 1.54) is 38.2 Å². The highest BCUT2D eigenvalue weighted by molar-refractivity contribution is 8.02. The fourth-order valence-corrected chi connectivity index (χ4v) is 4.33. The molecule has 2 aromatic heterocycles. The van der Waals surface area contributed by atoms with Crippen LogP contribution in [0, 0.1) is 0 Å². The molecule has 3 atom stereocenters. The Morgan fingerprint density at radius 2 is 1.30 bits per heavy atom. The van der Waals surface area contributed by atoms with E-state index in [0.29, 0.717) is 37.2 Å². The van der Waals surface area contributed by atoms with E-state index in [1.54, 1.807) is 19.9 Å². The highest BCUT2D eigenvalue weighted by atomic mass is 32.0. The van der Waals surface area contributed by atoms with Gasteiger partial charge in [0, 0.05) is 49.5 Å². The molecular weight excluding hydrogens is 654 g/mol. The number of methoxy groups -OCH3 is 2. The van der Waals surface area contributed by atoms with Crippen molar-refractivity contribution in [1.82, 2.24) is 0 Å². The van der Waals surface area contributed by atoms with Crippen molar-refractivity contribution in [2.75, 3.05) is 20.8 Å².